The maximum atomic E-state index is 13.5. The van der Waals surface area contributed by atoms with Crippen LogP contribution in [0.3, 0.4) is 0 Å². The molecular formula is C21H27N3OS. The molecule has 0 radical (unpaired) electrons. The van der Waals surface area contributed by atoms with Gasteiger partial charge in [0.25, 0.3) is 0 Å². The second-order valence-electron chi connectivity index (χ2n) is 7.55. The average Bonchev–Trinajstić information content (AvgIpc) is 3.25. The summed E-state index contributed by atoms with van der Waals surface area (Å²) in [4.78, 5) is 23.7. The zero-order valence-electron chi connectivity index (χ0n) is 15.5. The molecule has 2 aliphatic rings. The van der Waals surface area contributed by atoms with Crippen molar-refractivity contribution >= 4 is 17.2 Å². The minimum absolute atomic E-state index is 0.272. The van der Waals surface area contributed by atoms with Crippen LogP contribution in [0.5, 0.6) is 0 Å². The monoisotopic (exact) mass is 369 g/mol. The number of amides is 1. The lowest BCUT2D eigenvalue weighted by Crippen LogP contribution is -2.59. The Hall–Kier alpha value is -1.72. The predicted molar refractivity (Wildman–Crippen MR) is 105 cm³/mol. The van der Waals surface area contributed by atoms with Crippen molar-refractivity contribution in [3.8, 4) is 0 Å². The largest absolute Gasteiger partial charge is 0.341 e. The molecule has 0 bridgehead atoms. The molecule has 2 fully saturated rings. The number of nitrogens with zero attached hydrogens (tertiary/aromatic N) is 3. The molecule has 5 heteroatoms. The van der Waals surface area contributed by atoms with Crippen molar-refractivity contribution in [1.29, 1.82) is 0 Å². The van der Waals surface area contributed by atoms with Gasteiger partial charge in [0.1, 0.15) is 5.54 Å². The molecule has 0 N–H and O–H groups in total. The van der Waals surface area contributed by atoms with Crippen LogP contribution in [0.4, 0.5) is 0 Å². The summed E-state index contributed by atoms with van der Waals surface area (Å²) < 4.78 is 0. The van der Waals surface area contributed by atoms with E-state index in [4.69, 9.17) is 0 Å². The average molecular weight is 370 g/mol. The van der Waals surface area contributed by atoms with E-state index >= 15 is 0 Å². The van der Waals surface area contributed by atoms with Gasteiger partial charge < -0.3 is 4.90 Å². The third-order valence-electron chi connectivity index (χ3n) is 6.02. The highest BCUT2D eigenvalue weighted by Gasteiger charge is 2.50. The van der Waals surface area contributed by atoms with E-state index in [1.54, 1.807) is 11.3 Å². The zero-order valence-corrected chi connectivity index (χ0v) is 16.3. The molecule has 2 aromatic rings. The molecule has 26 heavy (non-hydrogen) atoms. The summed E-state index contributed by atoms with van der Waals surface area (Å²) in [5.41, 5.74) is 4.07. The molecule has 138 valence electrons. The number of thiazole rings is 1. The van der Waals surface area contributed by atoms with Crippen LogP contribution in [0.2, 0.25) is 0 Å². The van der Waals surface area contributed by atoms with E-state index in [1.165, 1.54) is 10.4 Å². The van der Waals surface area contributed by atoms with Gasteiger partial charge in [-0.2, -0.15) is 0 Å². The van der Waals surface area contributed by atoms with E-state index in [2.05, 4.69) is 46.0 Å². The maximum Gasteiger partial charge on any atom is 0.243 e. The Morgan fingerprint density at radius 3 is 2.65 bits per heavy atom. The molecule has 4 nitrogen and oxygen atoms in total. The van der Waals surface area contributed by atoms with Crippen molar-refractivity contribution in [2.45, 2.75) is 51.1 Å². The summed E-state index contributed by atoms with van der Waals surface area (Å²) in [7, 11) is 0. The number of aryl methyl sites for hydroxylation is 1. The van der Waals surface area contributed by atoms with Crippen molar-refractivity contribution < 1.29 is 4.79 Å². The number of rotatable bonds is 5. The number of hydrogen-bond acceptors (Lipinski definition) is 4. The minimum atomic E-state index is -0.272. The van der Waals surface area contributed by atoms with E-state index < -0.39 is 0 Å². The van der Waals surface area contributed by atoms with Gasteiger partial charge in [-0.15, -0.1) is 11.3 Å². The van der Waals surface area contributed by atoms with Gasteiger partial charge >= 0.3 is 0 Å². The first-order chi connectivity index (χ1) is 12.7. The highest BCUT2D eigenvalue weighted by atomic mass is 32.1. The number of piperidine rings is 1. The molecule has 3 heterocycles. The number of likely N-dealkylation sites (tertiary alicyclic amines) is 2. The number of carbonyl (C=O) groups is 1. The van der Waals surface area contributed by atoms with E-state index in [0.29, 0.717) is 5.91 Å². The van der Waals surface area contributed by atoms with Crippen molar-refractivity contribution in [2.75, 3.05) is 19.6 Å². The Labute approximate surface area is 159 Å². The lowest BCUT2D eigenvalue weighted by Gasteiger charge is -2.44. The quantitative estimate of drug-likeness (QED) is 0.807. The Morgan fingerprint density at radius 1 is 1.15 bits per heavy atom. The molecule has 0 saturated carbocycles. The maximum absolute atomic E-state index is 13.5. The number of aromatic nitrogens is 1. The van der Waals surface area contributed by atoms with Crippen molar-refractivity contribution in [3.05, 3.63) is 52.0 Å². The lowest BCUT2D eigenvalue weighted by atomic mass is 9.85. The topological polar surface area (TPSA) is 36.4 Å². The summed E-state index contributed by atoms with van der Waals surface area (Å²) >= 11 is 1.72. The fraction of sp³-hybridized carbons (Fsp3) is 0.524. The van der Waals surface area contributed by atoms with Gasteiger partial charge in [-0.05, 0) is 51.1 Å². The normalized spacial score (nSPS) is 23.9. The van der Waals surface area contributed by atoms with E-state index in [9.17, 15) is 4.79 Å². The van der Waals surface area contributed by atoms with Gasteiger partial charge in [0, 0.05) is 24.5 Å². The number of benzene rings is 1. The van der Waals surface area contributed by atoms with Gasteiger partial charge in [0.2, 0.25) is 5.91 Å². The molecule has 2 aliphatic heterocycles. The van der Waals surface area contributed by atoms with Crippen molar-refractivity contribution in [1.82, 2.24) is 14.8 Å². The third-order valence-corrected chi connectivity index (χ3v) is 6.94. The van der Waals surface area contributed by atoms with Crippen LogP contribution in [0, 0.1) is 6.92 Å². The summed E-state index contributed by atoms with van der Waals surface area (Å²) in [5, 5.41) is 0. The summed E-state index contributed by atoms with van der Waals surface area (Å²) in [6.45, 7) is 5.70. The standard InChI is InChI=1S/C21H27N3OS/c1-17-19(26-16-22-17)15-24-13-6-11-21(24)10-5-12-23(20(21)25)14-9-18-7-3-2-4-8-18/h2-4,7-8,16H,5-6,9-15H2,1H3. The van der Waals surface area contributed by atoms with Gasteiger partial charge in [-0.25, -0.2) is 4.98 Å². The van der Waals surface area contributed by atoms with Crippen LogP contribution in [0.25, 0.3) is 0 Å². The predicted octanol–water partition coefficient (Wildman–Crippen LogP) is 3.65. The SMILES string of the molecule is Cc1ncsc1CN1CCCC12CCCN(CCc1ccccc1)C2=O. The summed E-state index contributed by atoms with van der Waals surface area (Å²) in [6, 6.07) is 10.5. The van der Waals surface area contributed by atoms with Crippen LogP contribution >= 0.6 is 11.3 Å². The molecular weight excluding hydrogens is 342 g/mol. The Bertz CT molecular complexity index is 760. The van der Waals surface area contributed by atoms with Gasteiger partial charge in [0.15, 0.2) is 0 Å². The highest BCUT2D eigenvalue weighted by Crippen LogP contribution is 2.39. The number of carbonyl (C=O) groups excluding carboxylic acids is 1. The third kappa shape index (κ3) is 3.30. The molecule has 1 aromatic carbocycles. The Morgan fingerprint density at radius 2 is 1.92 bits per heavy atom. The first kappa shape index (κ1) is 17.7. The van der Waals surface area contributed by atoms with Crippen LogP contribution in [-0.4, -0.2) is 45.9 Å². The minimum Gasteiger partial charge on any atom is -0.341 e. The molecule has 1 unspecified atom stereocenters. The molecule has 4 rings (SSSR count). The fourth-order valence-corrected chi connectivity index (χ4v) is 5.32. The fourth-order valence-electron chi connectivity index (χ4n) is 4.53. The Kier molecular flexibility index (Phi) is 5.09. The molecule has 2 saturated heterocycles. The summed E-state index contributed by atoms with van der Waals surface area (Å²) in [5.74, 6) is 0.361. The Balaban J connectivity index is 1.47. The smallest absolute Gasteiger partial charge is 0.243 e. The molecule has 1 spiro atoms. The van der Waals surface area contributed by atoms with Gasteiger partial charge in [-0.1, -0.05) is 30.3 Å². The molecule has 0 aliphatic carbocycles. The van der Waals surface area contributed by atoms with Crippen LogP contribution < -0.4 is 0 Å². The number of hydrogen-bond donors (Lipinski definition) is 0. The second kappa shape index (κ2) is 7.49. The van der Waals surface area contributed by atoms with E-state index in [0.717, 1.165) is 64.0 Å². The molecule has 1 aromatic heterocycles. The summed E-state index contributed by atoms with van der Waals surface area (Å²) in [6.07, 6.45) is 5.18. The second-order valence-corrected chi connectivity index (χ2v) is 8.49. The van der Waals surface area contributed by atoms with E-state index in [1.807, 2.05) is 11.6 Å². The van der Waals surface area contributed by atoms with Crippen LogP contribution in [0.1, 0.15) is 41.8 Å². The first-order valence-corrected chi connectivity index (χ1v) is 10.5. The van der Waals surface area contributed by atoms with Gasteiger partial charge in [-0.3, -0.25) is 9.69 Å². The van der Waals surface area contributed by atoms with Crippen LogP contribution in [-0.2, 0) is 17.8 Å². The molecule has 1 amide bonds. The van der Waals surface area contributed by atoms with Crippen molar-refractivity contribution in [3.63, 3.8) is 0 Å². The first-order valence-electron chi connectivity index (χ1n) is 9.66. The lowest BCUT2D eigenvalue weighted by molar-refractivity contribution is -0.147. The highest BCUT2D eigenvalue weighted by molar-refractivity contribution is 7.09. The van der Waals surface area contributed by atoms with E-state index in [-0.39, 0.29) is 5.54 Å². The zero-order chi connectivity index (χ0) is 18.0. The van der Waals surface area contributed by atoms with Gasteiger partial charge in [0.05, 0.1) is 11.2 Å². The molecule has 1 atom stereocenters. The van der Waals surface area contributed by atoms with Crippen molar-refractivity contribution in [2.24, 2.45) is 0 Å². The van der Waals surface area contributed by atoms with Crippen LogP contribution in [0.15, 0.2) is 35.8 Å².